The van der Waals surface area contributed by atoms with Crippen LogP contribution >= 0.6 is 0 Å². The third-order valence-corrected chi connectivity index (χ3v) is 2.87. The summed E-state index contributed by atoms with van der Waals surface area (Å²) in [6, 6.07) is 6.33. The van der Waals surface area contributed by atoms with Crippen LogP contribution in [0.5, 0.6) is 0 Å². The highest BCUT2D eigenvalue weighted by Crippen LogP contribution is 2.17. The van der Waals surface area contributed by atoms with E-state index in [2.05, 4.69) is 19.9 Å². The Kier molecular flexibility index (Phi) is 2.79. The largest absolute Gasteiger partial charge is 0.465 e. The minimum atomic E-state index is -0.437. The van der Waals surface area contributed by atoms with Gasteiger partial charge in [-0.15, -0.1) is 10.2 Å². The Hall–Kier alpha value is -2.96. The molecule has 0 saturated carbocycles. The number of aromatic amines is 1. The van der Waals surface area contributed by atoms with Crippen LogP contribution in [0.25, 0.3) is 17.0 Å². The Balaban J connectivity index is 2.18. The lowest BCUT2D eigenvalue weighted by atomic mass is 10.2. The van der Waals surface area contributed by atoms with Crippen molar-refractivity contribution in [3.63, 3.8) is 0 Å². The van der Waals surface area contributed by atoms with Gasteiger partial charge in [0.05, 0.1) is 12.7 Å². The van der Waals surface area contributed by atoms with Gasteiger partial charge in [0.2, 0.25) is 5.56 Å². The lowest BCUT2D eigenvalue weighted by molar-refractivity contribution is 0.0600. The van der Waals surface area contributed by atoms with Crippen LogP contribution in [0.4, 0.5) is 0 Å². The molecule has 0 amide bonds. The number of nitrogens with zero attached hydrogens (tertiary/aromatic N) is 3. The van der Waals surface area contributed by atoms with Crippen LogP contribution in [0.2, 0.25) is 0 Å². The predicted molar refractivity (Wildman–Crippen MR) is 70.4 cm³/mol. The Morgan fingerprint density at radius 3 is 2.80 bits per heavy atom. The fourth-order valence-electron chi connectivity index (χ4n) is 1.88. The van der Waals surface area contributed by atoms with Gasteiger partial charge >= 0.3 is 5.97 Å². The number of pyridine rings is 2. The SMILES string of the molecule is COC(=O)c1ccc2nnc(-c3ccc(=O)[nH]c3)n2c1. The molecule has 0 fully saturated rings. The molecular formula is C13H10N4O3. The third kappa shape index (κ3) is 1.95. The second-order valence-corrected chi connectivity index (χ2v) is 4.10. The molecule has 0 atom stereocenters. The standard InChI is InChI=1S/C13H10N4O3/c1-20-13(19)9-2-4-10-15-16-12(17(10)7-9)8-3-5-11(18)14-6-8/h2-7H,1H3,(H,14,18). The van der Waals surface area contributed by atoms with Gasteiger partial charge in [-0.3, -0.25) is 9.20 Å². The number of nitrogens with one attached hydrogen (secondary N) is 1. The minimum Gasteiger partial charge on any atom is -0.465 e. The number of carbonyl (C=O) groups excluding carboxylic acids is 1. The number of ether oxygens (including phenoxy) is 1. The fraction of sp³-hybridized carbons (Fsp3) is 0.0769. The van der Waals surface area contributed by atoms with Gasteiger partial charge in [-0.25, -0.2) is 4.79 Å². The van der Waals surface area contributed by atoms with E-state index in [0.29, 0.717) is 22.6 Å². The first-order valence-corrected chi connectivity index (χ1v) is 5.81. The zero-order valence-electron chi connectivity index (χ0n) is 10.5. The molecule has 0 bridgehead atoms. The minimum absolute atomic E-state index is 0.196. The van der Waals surface area contributed by atoms with Gasteiger partial charge in [0.1, 0.15) is 0 Å². The molecule has 3 heterocycles. The van der Waals surface area contributed by atoms with E-state index < -0.39 is 5.97 Å². The van der Waals surface area contributed by atoms with Gasteiger partial charge in [0, 0.05) is 24.0 Å². The Morgan fingerprint density at radius 1 is 1.25 bits per heavy atom. The molecule has 7 nitrogen and oxygen atoms in total. The van der Waals surface area contributed by atoms with E-state index in [1.54, 1.807) is 35.0 Å². The van der Waals surface area contributed by atoms with E-state index in [1.165, 1.54) is 13.2 Å². The van der Waals surface area contributed by atoms with Crippen molar-refractivity contribution in [1.29, 1.82) is 0 Å². The Bertz CT molecular complexity index is 830. The zero-order chi connectivity index (χ0) is 14.1. The summed E-state index contributed by atoms with van der Waals surface area (Å²) in [5, 5.41) is 8.07. The molecule has 0 saturated heterocycles. The maximum atomic E-state index is 11.5. The van der Waals surface area contributed by atoms with Crippen LogP contribution in [0.15, 0.2) is 41.5 Å². The molecular weight excluding hydrogens is 260 g/mol. The molecule has 0 aliphatic heterocycles. The van der Waals surface area contributed by atoms with Crippen LogP contribution in [-0.4, -0.2) is 32.7 Å². The summed E-state index contributed by atoms with van der Waals surface area (Å²) in [6.45, 7) is 0. The molecule has 7 heteroatoms. The number of rotatable bonds is 2. The summed E-state index contributed by atoms with van der Waals surface area (Å²) in [7, 11) is 1.32. The van der Waals surface area contributed by atoms with Crippen molar-refractivity contribution in [1.82, 2.24) is 19.6 Å². The topological polar surface area (TPSA) is 89.3 Å². The predicted octanol–water partition coefficient (Wildman–Crippen LogP) is 0.871. The molecule has 0 aromatic carbocycles. The molecule has 20 heavy (non-hydrogen) atoms. The number of H-pyrrole nitrogens is 1. The monoisotopic (exact) mass is 270 g/mol. The van der Waals surface area contributed by atoms with Crippen molar-refractivity contribution in [3.05, 3.63) is 52.6 Å². The lowest BCUT2D eigenvalue weighted by Gasteiger charge is -2.02. The first-order chi connectivity index (χ1) is 9.69. The quantitative estimate of drug-likeness (QED) is 0.698. The Labute approximate surface area is 112 Å². The summed E-state index contributed by atoms with van der Waals surface area (Å²) in [5.74, 6) is 0.0926. The number of fused-ring (bicyclic) bond motifs is 1. The van der Waals surface area contributed by atoms with E-state index in [-0.39, 0.29) is 5.56 Å². The van der Waals surface area contributed by atoms with Gasteiger partial charge in [-0.1, -0.05) is 0 Å². The van der Waals surface area contributed by atoms with Gasteiger partial charge < -0.3 is 9.72 Å². The average Bonchev–Trinajstić information content (AvgIpc) is 2.90. The normalized spacial score (nSPS) is 10.7. The van der Waals surface area contributed by atoms with Crippen LogP contribution in [0.1, 0.15) is 10.4 Å². The number of methoxy groups -OCH3 is 1. The average molecular weight is 270 g/mol. The first kappa shape index (κ1) is 12.1. The van der Waals surface area contributed by atoms with Crippen LogP contribution in [-0.2, 0) is 4.74 Å². The maximum Gasteiger partial charge on any atom is 0.339 e. The Morgan fingerprint density at radius 2 is 2.10 bits per heavy atom. The number of hydrogen-bond acceptors (Lipinski definition) is 5. The maximum absolute atomic E-state index is 11.5. The van der Waals surface area contributed by atoms with E-state index in [9.17, 15) is 9.59 Å². The molecule has 0 aliphatic rings. The highest BCUT2D eigenvalue weighted by molar-refractivity contribution is 5.89. The van der Waals surface area contributed by atoms with Gasteiger partial charge in [-0.05, 0) is 18.2 Å². The molecule has 100 valence electrons. The molecule has 0 unspecified atom stereocenters. The summed E-state index contributed by atoms with van der Waals surface area (Å²) < 4.78 is 6.35. The first-order valence-electron chi connectivity index (χ1n) is 5.81. The van der Waals surface area contributed by atoms with Gasteiger partial charge in [0.15, 0.2) is 11.5 Å². The van der Waals surface area contributed by atoms with Crippen molar-refractivity contribution < 1.29 is 9.53 Å². The second kappa shape index (κ2) is 4.61. The van der Waals surface area contributed by atoms with Crippen molar-refractivity contribution >= 4 is 11.6 Å². The van der Waals surface area contributed by atoms with E-state index in [4.69, 9.17) is 0 Å². The molecule has 3 rings (SSSR count). The molecule has 0 spiro atoms. The van der Waals surface area contributed by atoms with Crippen LogP contribution < -0.4 is 5.56 Å². The van der Waals surface area contributed by atoms with Gasteiger partial charge in [0.25, 0.3) is 0 Å². The molecule has 0 radical (unpaired) electrons. The number of aromatic nitrogens is 4. The molecule has 1 N–H and O–H groups in total. The summed E-state index contributed by atoms with van der Waals surface area (Å²) >= 11 is 0. The number of esters is 1. The summed E-state index contributed by atoms with van der Waals surface area (Å²) in [6.07, 6.45) is 3.14. The molecule has 0 aliphatic carbocycles. The highest BCUT2D eigenvalue weighted by atomic mass is 16.5. The number of hydrogen-bond donors (Lipinski definition) is 1. The van der Waals surface area contributed by atoms with Crippen molar-refractivity contribution in [2.45, 2.75) is 0 Å². The lowest BCUT2D eigenvalue weighted by Crippen LogP contribution is -2.04. The number of carbonyl (C=O) groups is 1. The fourth-order valence-corrected chi connectivity index (χ4v) is 1.88. The molecule has 3 aromatic rings. The highest BCUT2D eigenvalue weighted by Gasteiger charge is 2.11. The van der Waals surface area contributed by atoms with E-state index in [1.807, 2.05) is 0 Å². The van der Waals surface area contributed by atoms with Crippen molar-refractivity contribution in [2.75, 3.05) is 7.11 Å². The van der Waals surface area contributed by atoms with Crippen molar-refractivity contribution in [3.8, 4) is 11.4 Å². The van der Waals surface area contributed by atoms with Crippen molar-refractivity contribution in [2.24, 2.45) is 0 Å². The second-order valence-electron chi connectivity index (χ2n) is 4.10. The van der Waals surface area contributed by atoms with E-state index >= 15 is 0 Å². The third-order valence-electron chi connectivity index (χ3n) is 2.87. The van der Waals surface area contributed by atoms with Gasteiger partial charge in [-0.2, -0.15) is 0 Å². The van der Waals surface area contributed by atoms with Crippen LogP contribution in [0.3, 0.4) is 0 Å². The molecule has 3 aromatic heterocycles. The summed E-state index contributed by atoms with van der Waals surface area (Å²) in [5.41, 5.74) is 1.49. The summed E-state index contributed by atoms with van der Waals surface area (Å²) in [4.78, 5) is 25.2. The zero-order valence-corrected chi connectivity index (χ0v) is 10.5. The van der Waals surface area contributed by atoms with E-state index in [0.717, 1.165) is 0 Å². The smallest absolute Gasteiger partial charge is 0.339 e. The van der Waals surface area contributed by atoms with Crippen LogP contribution in [0, 0.1) is 0 Å².